The Kier molecular flexibility index (Phi) is 3.07. The Bertz CT molecular complexity index is 464. The molecule has 2 aromatic heterocycles. The highest BCUT2D eigenvalue weighted by Crippen LogP contribution is 2.22. The molecule has 1 atom stereocenters. The van der Waals surface area contributed by atoms with Crippen molar-refractivity contribution in [3.8, 4) is 0 Å². The maximum Gasteiger partial charge on any atom is 0.140 e. The molecule has 80 valence electrons. The monoisotopic (exact) mass is 267 g/mol. The van der Waals surface area contributed by atoms with Gasteiger partial charge in [0.1, 0.15) is 5.65 Å². The van der Waals surface area contributed by atoms with Crippen LogP contribution in [0.15, 0.2) is 29.0 Å². The van der Waals surface area contributed by atoms with Crippen LogP contribution >= 0.6 is 15.9 Å². The number of halogens is 1. The molecule has 4 heteroatoms. The van der Waals surface area contributed by atoms with Crippen LogP contribution in [0.3, 0.4) is 0 Å². The molecule has 2 rings (SSSR count). The van der Waals surface area contributed by atoms with Crippen molar-refractivity contribution in [3.63, 3.8) is 0 Å². The van der Waals surface area contributed by atoms with Gasteiger partial charge in [0, 0.05) is 24.2 Å². The fourth-order valence-electron chi connectivity index (χ4n) is 1.59. The van der Waals surface area contributed by atoms with E-state index in [0.717, 1.165) is 16.8 Å². The van der Waals surface area contributed by atoms with E-state index in [-0.39, 0.29) is 0 Å². The van der Waals surface area contributed by atoms with E-state index in [0.29, 0.717) is 6.04 Å². The van der Waals surface area contributed by atoms with Gasteiger partial charge < -0.3 is 9.88 Å². The van der Waals surface area contributed by atoms with E-state index in [4.69, 9.17) is 0 Å². The van der Waals surface area contributed by atoms with E-state index in [9.17, 15) is 0 Å². The van der Waals surface area contributed by atoms with Crippen LogP contribution in [0.1, 0.15) is 6.92 Å². The summed E-state index contributed by atoms with van der Waals surface area (Å²) in [5.74, 6) is 0. The molecule has 0 radical (unpaired) electrons. The van der Waals surface area contributed by atoms with Gasteiger partial charge in [-0.25, -0.2) is 4.98 Å². The normalized spacial score (nSPS) is 13.3. The number of nitrogens with zero attached hydrogens (tertiary/aromatic N) is 2. The lowest BCUT2D eigenvalue weighted by Crippen LogP contribution is -2.26. The molecular formula is C11H14BrN3. The number of aromatic nitrogens is 2. The zero-order valence-corrected chi connectivity index (χ0v) is 10.5. The Morgan fingerprint density at radius 3 is 3.13 bits per heavy atom. The first-order valence-electron chi connectivity index (χ1n) is 4.99. The molecule has 0 bridgehead atoms. The largest absolute Gasteiger partial charge is 0.318 e. The van der Waals surface area contributed by atoms with Crippen LogP contribution in [0.4, 0.5) is 0 Å². The minimum absolute atomic E-state index is 0.430. The van der Waals surface area contributed by atoms with Gasteiger partial charge >= 0.3 is 0 Å². The third-order valence-electron chi connectivity index (χ3n) is 2.55. The van der Waals surface area contributed by atoms with Crippen LogP contribution in [0.5, 0.6) is 0 Å². The molecule has 0 aliphatic rings. The Balaban J connectivity index is 2.45. The van der Waals surface area contributed by atoms with Gasteiger partial charge in [-0.2, -0.15) is 0 Å². The summed E-state index contributed by atoms with van der Waals surface area (Å²) in [6.45, 7) is 3.07. The number of pyridine rings is 1. The predicted octanol–water partition coefficient (Wildman–Crippen LogP) is 2.41. The molecule has 3 nitrogen and oxygen atoms in total. The van der Waals surface area contributed by atoms with Crippen molar-refractivity contribution in [2.24, 2.45) is 0 Å². The second-order valence-corrected chi connectivity index (χ2v) is 4.50. The van der Waals surface area contributed by atoms with Crippen LogP contribution in [-0.2, 0) is 6.54 Å². The molecule has 2 heterocycles. The van der Waals surface area contributed by atoms with Gasteiger partial charge in [0.25, 0.3) is 0 Å². The molecule has 0 saturated carbocycles. The summed E-state index contributed by atoms with van der Waals surface area (Å²) in [4.78, 5) is 4.39. The molecule has 0 aliphatic heterocycles. The molecule has 0 spiro atoms. The lowest BCUT2D eigenvalue weighted by molar-refractivity contribution is 0.518. The summed E-state index contributed by atoms with van der Waals surface area (Å²) < 4.78 is 3.26. The summed E-state index contributed by atoms with van der Waals surface area (Å²) in [5.41, 5.74) is 1.03. The van der Waals surface area contributed by atoms with Gasteiger partial charge in [0.15, 0.2) is 0 Å². The van der Waals surface area contributed by atoms with Crippen molar-refractivity contribution in [1.29, 1.82) is 0 Å². The van der Waals surface area contributed by atoms with Crippen molar-refractivity contribution in [2.45, 2.75) is 19.5 Å². The second-order valence-electron chi connectivity index (χ2n) is 3.68. The summed E-state index contributed by atoms with van der Waals surface area (Å²) in [7, 11) is 1.97. The highest BCUT2D eigenvalue weighted by molar-refractivity contribution is 9.10. The molecule has 2 aromatic rings. The first-order chi connectivity index (χ1) is 7.22. The molecule has 0 aromatic carbocycles. The molecule has 0 fully saturated rings. The SMILES string of the molecule is CNC(C)Cn1c(Br)cc2cccnc21. The van der Waals surface area contributed by atoms with Crippen LogP contribution in [0.2, 0.25) is 0 Å². The molecule has 1 unspecified atom stereocenters. The van der Waals surface area contributed by atoms with E-state index < -0.39 is 0 Å². The van der Waals surface area contributed by atoms with Crippen molar-refractivity contribution in [1.82, 2.24) is 14.9 Å². The van der Waals surface area contributed by atoms with E-state index in [1.165, 1.54) is 5.39 Å². The molecule has 1 N–H and O–H groups in total. The number of hydrogen-bond acceptors (Lipinski definition) is 2. The average molecular weight is 268 g/mol. The maximum atomic E-state index is 4.39. The van der Waals surface area contributed by atoms with Crippen LogP contribution in [0.25, 0.3) is 11.0 Å². The van der Waals surface area contributed by atoms with Gasteiger partial charge in [-0.15, -0.1) is 0 Å². The first kappa shape index (κ1) is 10.6. The van der Waals surface area contributed by atoms with Crippen molar-refractivity contribution < 1.29 is 0 Å². The van der Waals surface area contributed by atoms with Crippen LogP contribution in [-0.4, -0.2) is 22.6 Å². The Morgan fingerprint density at radius 1 is 1.60 bits per heavy atom. The van der Waals surface area contributed by atoms with Crippen molar-refractivity contribution in [2.75, 3.05) is 7.05 Å². The van der Waals surface area contributed by atoms with Crippen LogP contribution in [0, 0.1) is 0 Å². The summed E-state index contributed by atoms with van der Waals surface area (Å²) in [6.07, 6.45) is 1.83. The fourth-order valence-corrected chi connectivity index (χ4v) is 2.15. The maximum absolute atomic E-state index is 4.39. The third-order valence-corrected chi connectivity index (χ3v) is 3.21. The third kappa shape index (κ3) is 2.06. The molecule has 0 aliphatic carbocycles. The summed E-state index contributed by atoms with van der Waals surface area (Å²) in [6, 6.07) is 6.57. The lowest BCUT2D eigenvalue weighted by Gasteiger charge is -2.12. The van der Waals surface area contributed by atoms with Gasteiger partial charge in [0.2, 0.25) is 0 Å². The molecule has 0 amide bonds. The standard InChI is InChI=1S/C11H14BrN3/c1-8(13-2)7-15-10(12)6-9-4-3-5-14-11(9)15/h3-6,8,13H,7H2,1-2H3. The molecule has 0 saturated heterocycles. The van der Waals surface area contributed by atoms with Gasteiger partial charge in [-0.05, 0) is 48.1 Å². The van der Waals surface area contributed by atoms with E-state index in [2.05, 4.69) is 49.9 Å². The minimum atomic E-state index is 0.430. The fraction of sp³-hybridized carbons (Fsp3) is 0.364. The number of fused-ring (bicyclic) bond motifs is 1. The number of nitrogens with one attached hydrogen (secondary N) is 1. The van der Waals surface area contributed by atoms with E-state index >= 15 is 0 Å². The Hall–Kier alpha value is -0.870. The Morgan fingerprint density at radius 2 is 2.40 bits per heavy atom. The first-order valence-corrected chi connectivity index (χ1v) is 5.78. The Labute approximate surface area is 97.6 Å². The van der Waals surface area contributed by atoms with Crippen molar-refractivity contribution in [3.05, 3.63) is 29.0 Å². The quantitative estimate of drug-likeness (QED) is 0.926. The molecular weight excluding hydrogens is 254 g/mol. The second kappa shape index (κ2) is 4.33. The van der Waals surface area contributed by atoms with E-state index in [1.54, 1.807) is 0 Å². The van der Waals surface area contributed by atoms with Crippen LogP contribution < -0.4 is 5.32 Å². The zero-order valence-electron chi connectivity index (χ0n) is 8.87. The van der Waals surface area contributed by atoms with Gasteiger partial charge in [-0.1, -0.05) is 0 Å². The van der Waals surface area contributed by atoms with Gasteiger partial charge in [0.05, 0.1) is 4.60 Å². The summed E-state index contributed by atoms with van der Waals surface area (Å²) in [5, 5.41) is 4.40. The molecule has 15 heavy (non-hydrogen) atoms. The highest BCUT2D eigenvalue weighted by atomic mass is 79.9. The predicted molar refractivity (Wildman–Crippen MR) is 66.0 cm³/mol. The number of rotatable bonds is 3. The van der Waals surface area contributed by atoms with Gasteiger partial charge in [-0.3, -0.25) is 0 Å². The average Bonchev–Trinajstić information content (AvgIpc) is 2.55. The minimum Gasteiger partial charge on any atom is -0.318 e. The lowest BCUT2D eigenvalue weighted by atomic mass is 10.3. The zero-order chi connectivity index (χ0) is 10.8. The number of likely N-dealkylation sites (N-methyl/N-ethyl adjacent to an activating group) is 1. The number of hydrogen-bond donors (Lipinski definition) is 1. The topological polar surface area (TPSA) is 29.9 Å². The highest BCUT2D eigenvalue weighted by Gasteiger charge is 2.09. The van der Waals surface area contributed by atoms with Crippen molar-refractivity contribution >= 4 is 27.0 Å². The van der Waals surface area contributed by atoms with E-state index in [1.807, 2.05) is 19.3 Å². The smallest absolute Gasteiger partial charge is 0.140 e. The summed E-state index contributed by atoms with van der Waals surface area (Å²) >= 11 is 3.56.